The summed E-state index contributed by atoms with van der Waals surface area (Å²) in [6.07, 6.45) is -1.14. The van der Waals surface area contributed by atoms with E-state index in [1.165, 1.54) is 18.3 Å². The van der Waals surface area contributed by atoms with Crippen LogP contribution >= 0.6 is 0 Å². The van der Waals surface area contributed by atoms with Crippen LogP contribution in [0, 0.1) is 0 Å². The molecular weight excluding hydrogens is 361 g/mol. The number of pyridine rings is 1. The third-order valence-electron chi connectivity index (χ3n) is 4.94. The average Bonchev–Trinajstić information content (AvgIpc) is 3.15. The first kappa shape index (κ1) is 20.0. The van der Waals surface area contributed by atoms with Crippen molar-refractivity contribution in [2.24, 2.45) is 0 Å². The van der Waals surface area contributed by atoms with Crippen LogP contribution in [-0.2, 0) is 22.3 Å². The molecule has 1 aromatic rings. The third-order valence-corrected chi connectivity index (χ3v) is 4.94. The number of carbonyl (C=O) groups is 1. The summed E-state index contributed by atoms with van der Waals surface area (Å²) in [4.78, 5) is 19.5. The lowest BCUT2D eigenvalue weighted by Gasteiger charge is -2.34. The van der Waals surface area contributed by atoms with Crippen LogP contribution in [0.4, 0.5) is 13.2 Å². The summed E-state index contributed by atoms with van der Waals surface area (Å²) < 4.78 is 44.6. The van der Waals surface area contributed by atoms with Crippen molar-refractivity contribution in [2.75, 3.05) is 45.9 Å². The van der Waals surface area contributed by atoms with Crippen LogP contribution in [0.5, 0.6) is 0 Å². The number of halogens is 3. The number of hydrogen-bond donors (Lipinski definition) is 1. The quantitative estimate of drug-likeness (QED) is 0.803. The van der Waals surface area contributed by atoms with E-state index in [0.717, 1.165) is 19.4 Å². The van der Waals surface area contributed by atoms with Crippen molar-refractivity contribution >= 4 is 5.91 Å². The largest absolute Gasteiger partial charge is 0.433 e. The van der Waals surface area contributed by atoms with Crippen LogP contribution in [0.3, 0.4) is 0 Å². The second-order valence-corrected chi connectivity index (χ2v) is 7.00. The number of hydrogen-bond acceptors (Lipinski definition) is 5. The number of rotatable bonds is 6. The molecule has 2 fully saturated rings. The molecule has 2 aliphatic heterocycles. The maximum absolute atomic E-state index is 13.1. The van der Waals surface area contributed by atoms with Gasteiger partial charge in [-0.15, -0.1) is 0 Å². The lowest BCUT2D eigenvalue weighted by atomic mass is 10.1. The van der Waals surface area contributed by atoms with Crippen molar-refractivity contribution < 1.29 is 22.7 Å². The van der Waals surface area contributed by atoms with E-state index < -0.39 is 11.9 Å². The van der Waals surface area contributed by atoms with Gasteiger partial charge in [0.2, 0.25) is 5.91 Å². The van der Waals surface area contributed by atoms with Gasteiger partial charge in [-0.1, -0.05) is 6.07 Å². The zero-order chi connectivity index (χ0) is 19.3. The van der Waals surface area contributed by atoms with Gasteiger partial charge < -0.3 is 10.1 Å². The lowest BCUT2D eigenvalue weighted by Crippen LogP contribution is -2.49. The molecule has 1 amide bonds. The fraction of sp³-hybridized carbons (Fsp3) is 0.667. The van der Waals surface area contributed by atoms with E-state index in [9.17, 15) is 18.0 Å². The summed E-state index contributed by atoms with van der Waals surface area (Å²) >= 11 is 0. The van der Waals surface area contributed by atoms with Crippen molar-refractivity contribution in [3.63, 3.8) is 0 Å². The molecule has 6 nitrogen and oxygen atoms in total. The molecule has 1 unspecified atom stereocenters. The minimum atomic E-state index is -4.44. The second-order valence-electron chi connectivity index (χ2n) is 7.00. The smallest absolute Gasteiger partial charge is 0.376 e. The summed E-state index contributed by atoms with van der Waals surface area (Å²) in [5.74, 6) is -0.0365. The van der Waals surface area contributed by atoms with E-state index in [0.29, 0.717) is 39.3 Å². The van der Waals surface area contributed by atoms with Crippen molar-refractivity contribution in [3.05, 3.63) is 29.6 Å². The van der Waals surface area contributed by atoms with Crippen LogP contribution in [0.1, 0.15) is 24.1 Å². The monoisotopic (exact) mass is 386 g/mol. The number of carbonyl (C=O) groups excluding carboxylic acids is 1. The molecule has 0 aromatic carbocycles. The standard InChI is InChI=1S/C18H25F3N4O2/c19-18(20,21)17-14(3-1-5-22-17)12-24-6-8-25(9-7-24)13-16(26)23-11-15-4-2-10-27-15/h1,3,5,15H,2,4,6-13H2,(H,23,26). The molecule has 0 spiro atoms. The van der Waals surface area contributed by atoms with Crippen LogP contribution in [0.2, 0.25) is 0 Å². The Morgan fingerprint density at radius 1 is 1.26 bits per heavy atom. The number of ether oxygens (including phenoxy) is 1. The van der Waals surface area contributed by atoms with Gasteiger partial charge in [-0.3, -0.25) is 19.6 Å². The van der Waals surface area contributed by atoms with Gasteiger partial charge in [-0.25, -0.2) is 0 Å². The van der Waals surface area contributed by atoms with Gasteiger partial charge in [0.15, 0.2) is 0 Å². The fourth-order valence-electron chi connectivity index (χ4n) is 3.46. The number of amides is 1. The van der Waals surface area contributed by atoms with Crippen molar-refractivity contribution in [1.29, 1.82) is 0 Å². The summed E-state index contributed by atoms with van der Waals surface area (Å²) in [6.45, 7) is 4.35. The SMILES string of the molecule is O=C(CN1CCN(Cc2cccnc2C(F)(F)F)CC1)NCC1CCCO1. The van der Waals surface area contributed by atoms with E-state index in [2.05, 4.69) is 10.3 Å². The maximum atomic E-state index is 13.1. The predicted octanol–water partition coefficient (Wildman–Crippen LogP) is 1.51. The minimum Gasteiger partial charge on any atom is -0.376 e. The number of piperazine rings is 1. The molecule has 27 heavy (non-hydrogen) atoms. The van der Waals surface area contributed by atoms with E-state index in [-0.39, 0.29) is 24.1 Å². The Kier molecular flexibility index (Phi) is 6.67. The van der Waals surface area contributed by atoms with E-state index >= 15 is 0 Å². The Hall–Kier alpha value is -1.71. The number of aromatic nitrogens is 1. The normalized spacial score (nSPS) is 22.1. The van der Waals surface area contributed by atoms with Gasteiger partial charge >= 0.3 is 6.18 Å². The molecule has 0 saturated carbocycles. The number of nitrogens with one attached hydrogen (secondary N) is 1. The molecular formula is C18H25F3N4O2. The van der Waals surface area contributed by atoms with Crippen LogP contribution in [0.25, 0.3) is 0 Å². The number of nitrogens with zero attached hydrogens (tertiary/aromatic N) is 3. The summed E-state index contributed by atoms with van der Waals surface area (Å²) in [5.41, 5.74) is -0.631. The Balaban J connectivity index is 1.42. The number of alkyl halides is 3. The molecule has 0 radical (unpaired) electrons. The highest BCUT2D eigenvalue weighted by molar-refractivity contribution is 5.78. The van der Waals surface area contributed by atoms with Gasteiger partial charge in [0.1, 0.15) is 5.69 Å². The average molecular weight is 386 g/mol. The Morgan fingerprint density at radius 2 is 2.00 bits per heavy atom. The van der Waals surface area contributed by atoms with Crippen molar-refractivity contribution in [3.8, 4) is 0 Å². The topological polar surface area (TPSA) is 57.7 Å². The Morgan fingerprint density at radius 3 is 2.67 bits per heavy atom. The molecule has 2 saturated heterocycles. The van der Waals surface area contributed by atoms with Gasteiger partial charge in [-0.05, 0) is 24.5 Å². The summed E-state index contributed by atoms with van der Waals surface area (Å²) in [7, 11) is 0. The van der Waals surface area contributed by atoms with Crippen molar-refractivity contribution in [1.82, 2.24) is 20.1 Å². The molecule has 3 rings (SSSR count). The van der Waals surface area contributed by atoms with Gasteiger partial charge in [-0.2, -0.15) is 13.2 Å². The first-order chi connectivity index (χ1) is 12.9. The lowest BCUT2D eigenvalue weighted by molar-refractivity contribution is -0.142. The molecule has 1 N–H and O–H groups in total. The minimum absolute atomic E-state index is 0.0365. The molecule has 3 heterocycles. The first-order valence-corrected chi connectivity index (χ1v) is 9.26. The van der Waals surface area contributed by atoms with E-state index in [1.54, 1.807) is 0 Å². The van der Waals surface area contributed by atoms with E-state index in [1.807, 2.05) is 9.80 Å². The summed E-state index contributed by atoms with van der Waals surface area (Å²) in [6, 6.07) is 3.00. The molecule has 0 bridgehead atoms. The third kappa shape index (κ3) is 5.88. The molecule has 9 heteroatoms. The summed E-state index contributed by atoms with van der Waals surface area (Å²) in [5, 5.41) is 2.89. The van der Waals surface area contributed by atoms with Crippen molar-refractivity contribution in [2.45, 2.75) is 31.7 Å². The fourth-order valence-corrected chi connectivity index (χ4v) is 3.46. The zero-order valence-electron chi connectivity index (χ0n) is 15.2. The first-order valence-electron chi connectivity index (χ1n) is 9.26. The predicted molar refractivity (Wildman–Crippen MR) is 92.9 cm³/mol. The highest BCUT2D eigenvalue weighted by Gasteiger charge is 2.35. The molecule has 2 aliphatic rings. The van der Waals surface area contributed by atoms with E-state index in [4.69, 9.17) is 4.74 Å². The van der Waals surface area contributed by atoms with Gasteiger partial charge in [0.25, 0.3) is 0 Å². The highest BCUT2D eigenvalue weighted by Crippen LogP contribution is 2.30. The second kappa shape index (κ2) is 8.99. The Bertz CT molecular complexity index is 627. The van der Waals surface area contributed by atoms with Gasteiger partial charge in [0, 0.05) is 52.1 Å². The molecule has 150 valence electrons. The zero-order valence-corrected chi connectivity index (χ0v) is 15.2. The van der Waals surface area contributed by atoms with Crippen LogP contribution in [-0.4, -0.2) is 72.7 Å². The molecule has 1 atom stereocenters. The van der Waals surface area contributed by atoms with Crippen LogP contribution in [0.15, 0.2) is 18.3 Å². The molecule has 1 aromatic heterocycles. The van der Waals surface area contributed by atoms with Gasteiger partial charge in [0.05, 0.1) is 12.6 Å². The van der Waals surface area contributed by atoms with Crippen LogP contribution < -0.4 is 5.32 Å². The maximum Gasteiger partial charge on any atom is 0.433 e. The molecule has 0 aliphatic carbocycles. The Labute approximate surface area is 156 Å². The highest BCUT2D eigenvalue weighted by atomic mass is 19.4.